The second-order valence-corrected chi connectivity index (χ2v) is 4.52. The van der Waals surface area contributed by atoms with Gasteiger partial charge >= 0.3 is 5.97 Å². The fourth-order valence-corrected chi connectivity index (χ4v) is 2.01. The number of hydrogen-bond donors (Lipinski definition) is 0. The zero-order valence-corrected chi connectivity index (χ0v) is 12.3. The zero-order valence-electron chi connectivity index (χ0n) is 9.69. The van der Waals surface area contributed by atoms with E-state index < -0.39 is 5.95 Å². The number of aromatic nitrogens is 2. The fourth-order valence-electron chi connectivity index (χ4n) is 1.82. The minimum absolute atomic E-state index is 0. The van der Waals surface area contributed by atoms with Gasteiger partial charge in [-0.25, -0.2) is 4.98 Å². The third kappa shape index (κ3) is 3.11. The molecular weight excluding hydrogens is 325 g/mol. The van der Waals surface area contributed by atoms with Crippen LogP contribution in [-0.4, -0.2) is 36.1 Å². The predicted octanol–water partition coefficient (Wildman–Crippen LogP) is 1.49. The Morgan fingerprint density at radius 2 is 2.39 bits per heavy atom. The van der Waals surface area contributed by atoms with Crippen molar-refractivity contribution in [2.24, 2.45) is 5.92 Å². The van der Waals surface area contributed by atoms with Gasteiger partial charge in [0.25, 0.3) is 0 Å². The Balaban J connectivity index is 0.00000162. The standard InChI is InChI=1S/C10H11BrFN3O2.H2S/c1-17-10(16)6-2-3-15(5-6)7-4-13-8(11)9(12)14-7;/h4,6H,2-3,5H2,1H3;1H2/t6-;/m0./s1. The highest BCUT2D eigenvalue weighted by Crippen LogP contribution is 2.23. The highest BCUT2D eigenvalue weighted by molar-refractivity contribution is 9.10. The van der Waals surface area contributed by atoms with Crippen molar-refractivity contribution in [2.45, 2.75) is 6.42 Å². The van der Waals surface area contributed by atoms with Gasteiger partial charge in [-0.2, -0.15) is 22.9 Å². The van der Waals surface area contributed by atoms with E-state index in [1.54, 1.807) is 0 Å². The van der Waals surface area contributed by atoms with Crippen molar-refractivity contribution in [3.05, 3.63) is 16.7 Å². The first kappa shape index (κ1) is 15.2. The number of esters is 1. The van der Waals surface area contributed by atoms with E-state index in [1.807, 2.05) is 4.90 Å². The maximum atomic E-state index is 13.2. The molecule has 1 atom stereocenters. The van der Waals surface area contributed by atoms with Crippen LogP contribution in [0.1, 0.15) is 6.42 Å². The zero-order chi connectivity index (χ0) is 12.4. The van der Waals surface area contributed by atoms with E-state index in [-0.39, 0.29) is 30.0 Å². The Morgan fingerprint density at radius 1 is 1.67 bits per heavy atom. The highest BCUT2D eigenvalue weighted by atomic mass is 79.9. The molecule has 0 saturated carbocycles. The number of anilines is 1. The van der Waals surface area contributed by atoms with Gasteiger partial charge in [-0.3, -0.25) is 4.79 Å². The summed E-state index contributed by atoms with van der Waals surface area (Å²) >= 11 is 2.94. The lowest BCUT2D eigenvalue weighted by Crippen LogP contribution is -2.24. The van der Waals surface area contributed by atoms with Gasteiger partial charge in [0, 0.05) is 13.1 Å². The van der Waals surface area contributed by atoms with Crippen molar-refractivity contribution < 1.29 is 13.9 Å². The number of hydrogen-bond acceptors (Lipinski definition) is 5. The molecule has 1 fully saturated rings. The normalized spacial score (nSPS) is 18.4. The van der Waals surface area contributed by atoms with E-state index in [2.05, 4.69) is 30.6 Å². The number of halogens is 2. The molecule has 18 heavy (non-hydrogen) atoms. The molecule has 0 amide bonds. The quantitative estimate of drug-likeness (QED) is 0.765. The molecule has 0 spiro atoms. The van der Waals surface area contributed by atoms with E-state index in [0.717, 1.165) is 0 Å². The lowest BCUT2D eigenvalue weighted by molar-refractivity contribution is -0.144. The maximum Gasteiger partial charge on any atom is 0.310 e. The summed E-state index contributed by atoms with van der Waals surface area (Å²) in [6, 6.07) is 0. The number of rotatable bonds is 2. The summed E-state index contributed by atoms with van der Waals surface area (Å²) in [5, 5.41) is 0. The Bertz CT molecular complexity index is 449. The van der Waals surface area contributed by atoms with Crippen LogP contribution < -0.4 is 4.90 Å². The van der Waals surface area contributed by atoms with Crippen LogP contribution in [0.2, 0.25) is 0 Å². The summed E-state index contributed by atoms with van der Waals surface area (Å²) in [6.07, 6.45) is 2.17. The monoisotopic (exact) mass is 337 g/mol. The molecule has 0 unspecified atom stereocenters. The molecule has 0 N–H and O–H groups in total. The molecule has 0 aliphatic carbocycles. The Labute approximate surface area is 119 Å². The first-order chi connectivity index (χ1) is 8.11. The first-order valence-electron chi connectivity index (χ1n) is 5.12. The molecule has 0 aromatic carbocycles. The van der Waals surface area contributed by atoms with Gasteiger partial charge in [0.15, 0.2) is 10.4 Å². The topological polar surface area (TPSA) is 55.3 Å². The minimum atomic E-state index is -0.649. The lowest BCUT2D eigenvalue weighted by Gasteiger charge is -2.16. The van der Waals surface area contributed by atoms with Crippen LogP contribution in [0.25, 0.3) is 0 Å². The molecule has 1 aromatic heterocycles. The number of carbonyl (C=O) groups is 1. The molecule has 100 valence electrons. The maximum absolute atomic E-state index is 13.2. The average Bonchev–Trinajstić information content (AvgIpc) is 2.81. The van der Waals surface area contributed by atoms with Crippen LogP contribution in [0.4, 0.5) is 10.2 Å². The lowest BCUT2D eigenvalue weighted by atomic mass is 10.1. The molecule has 0 bridgehead atoms. The Kier molecular flexibility index (Phi) is 5.33. The largest absolute Gasteiger partial charge is 0.469 e. The summed E-state index contributed by atoms with van der Waals surface area (Å²) in [5.41, 5.74) is 0. The van der Waals surface area contributed by atoms with Gasteiger partial charge in [0.1, 0.15) is 0 Å². The van der Waals surface area contributed by atoms with Crippen molar-refractivity contribution in [3.63, 3.8) is 0 Å². The molecule has 8 heteroatoms. The van der Waals surface area contributed by atoms with Gasteiger partial charge in [0.2, 0.25) is 5.95 Å². The van der Waals surface area contributed by atoms with Gasteiger partial charge in [-0.1, -0.05) is 0 Å². The molecule has 1 saturated heterocycles. The van der Waals surface area contributed by atoms with E-state index in [4.69, 9.17) is 0 Å². The van der Waals surface area contributed by atoms with Crippen LogP contribution in [0.15, 0.2) is 10.8 Å². The summed E-state index contributed by atoms with van der Waals surface area (Å²) in [6.45, 7) is 1.14. The van der Waals surface area contributed by atoms with E-state index >= 15 is 0 Å². The van der Waals surface area contributed by atoms with Crippen LogP contribution in [0.3, 0.4) is 0 Å². The predicted molar refractivity (Wildman–Crippen MR) is 72.4 cm³/mol. The first-order valence-corrected chi connectivity index (χ1v) is 5.92. The van der Waals surface area contributed by atoms with Crippen LogP contribution in [-0.2, 0) is 9.53 Å². The van der Waals surface area contributed by atoms with Gasteiger partial charge in [-0.15, -0.1) is 0 Å². The third-order valence-corrected chi connectivity index (χ3v) is 3.26. The van der Waals surface area contributed by atoms with Gasteiger partial charge in [0.05, 0.1) is 19.2 Å². The molecule has 1 aromatic rings. The SMILES string of the molecule is COC(=O)[C@H]1CCN(c2cnc(Br)c(F)n2)C1.S. The minimum Gasteiger partial charge on any atom is -0.469 e. The number of carbonyl (C=O) groups excluding carboxylic acids is 1. The molecule has 1 aliphatic heterocycles. The number of ether oxygens (including phenoxy) is 1. The van der Waals surface area contributed by atoms with Crippen LogP contribution >= 0.6 is 29.4 Å². The fraction of sp³-hybridized carbons (Fsp3) is 0.500. The molecule has 5 nitrogen and oxygen atoms in total. The van der Waals surface area contributed by atoms with Crippen molar-refractivity contribution in [1.82, 2.24) is 9.97 Å². The summed E-state index contributed by atoms with van der Waals surface area (Å²) in [7, 11) is 1.37. The van der Waals surface area contributed by atoms with Crippen molar-refractivity contribution in [2.75, 3.05) is 25.1 Å². The summed E-state index contributed by atoms with van der Waals surface area (Å²) < 4.78 is 18.0. The van der Waals surface area contributed by atoms with Crippen molar-refractivity contribution in [1.29, 1.82) is 0 Å². The summed E-state index contributed by atoms with van der Waals surface area (Å²) in [4.78, 5) is 20.8. The number of methoxy groups -OCH3 is 1. The van der Waals surface area contributed by atoms with Crippen molar-refractivity contribution >= 4 is 41.2 Å². The molecule has 2 heterocycles. The highest BCUT2D eigenvalue weighted by Gasteiger charge is 2.30. The number of nitrogens with zero attached hydrogens (tertiary/aromatic N) is 3. The molecular formula is C10H13BrFN3O2S. The molecule has 2 rings (SSSR count). The second-order valence-electron chi connectivity index (χ2n) is 3.76. The van der Waals surface area contributed by atoms with Gasteiger partial charge < -0.3 is 9.64 Å². The smallest absolute Gasteiger partial charge is 0.310 e. The third-order valence-electron chi connectivity index (χ3n) is 2.72. The van der Waals surface area contributed by atoms with E-state index in [1.165, 1.54) is 13.3 Å². The van der Waals surface area contributed by atoms with Crippen molar-refractivity contribution in [3.8, 4) is 0 Å². The second kappa shape index (κ2) is 6.33. The average molecular weight is 338 g/mol. The molecule has 1 aliphatic rings. The summed E-state index contributed by atoms with van der Waals surface area (Å²) in [5.74, 6) is -0.618. The molecule has 0 radical (unpaired) electrons. The Morgan fingerprint density at radius 3 is 3.00 bits per heavy atom. The van der Waals surface area contributed by atoms with Gasteiger partial charge in [-0.05, 0) is 22.4 Å². The van der Waals surface area contributed by atoms with E-state index in [9.17, 15) is 9.18 Å². The van der Waals surface area contributed by atoms with E-state index in [0.29, 0.717) is 25.3 Å². The van der Waals surface area contributed by atoms with Crippen LogP contribution in [0.5, 0.6) is 0 Å². The Hall–Kier alpha value is -0.890. The van der Waals surface area contributed by atoms with Crippen LogP contribution in [0, 0.1) is 11.9 Å².